The van der Waals surface area contributed by atoms with Crippen molar-refractivity contribution in [2.24, 2.45) is 0 Å². The number of hydrogen-bond acceptors (Lipinski definition) is 3. The van der Waals surface area contributed by atoms with Crippen molar-refractivity contribution >= 4 is 12.4 Å². The van der Waals surface area contributed by atoms with Crippen molar-refractivity contribution in [1.29, 1.82) is 0 Å². The van der Waals surface area contributed by atoms with Gasteiger partial charge in [0.2, 0.25) is 6.41 Å². The predicted molar refractivity (Wildman–Crippen MR) is 26.2 cm³/mol. The zero-order valence-electron chi connectivity index (χ0n) is 4.00. The molecule has 0 bridgehead atoms. The molecule has 1 aromatic rings. The molecule has 42 valence electrons. The van der Waals surface area contributed by atoms with E-state index in [1.165, 1.54) is 12.5 Å². The Kier molecular flexibility index (Phi) is 1.27. The maximum atomic E-state index is 9.66. The van der Waals surface area contributed by atoms with Gasteiger partial charge in [0.15, 0.2) is 0 Å². The van der Waals surface area contributed by atoms with E-state index in [1.807, 2.05) is 0 Å². The summed E-state index contributed by atoms with van der Waals surface area (Å²) >= 11 is 0. The summed E-state index contributed by atoms with van der Waals surface area (Å²) in [5.41, 5.74) is 0. The molecule has 1 amide bonds. The first-order chi connectivity index (χ1) is 3.93. The molecule has 0 spiro atoms. The van der Waals surface area contributed by atoms with Crippen molar-refractivity contribution < 1.29 is 9.21 Å². The van der Waals surface area contributed by atoms with Crippen LogP contribution in [-0.2, 0) is 4.79 Å². The summed E-state index contributed by atoms with van der Waals surface area (Å²) in [5, 5.41) is 2.23. The van der Waals surface area contributed by atoms with E-state index < -0.39 is 0 Å². The van der Waals surface area contributed by atoms with Crippen LogP contribution in [0, 0.1) is 0 Å². The van der Waals surface area contributed by atoms with Gasteiger partial charge in [-0.05, 0) is 0 Å². The third kappa shape index (κ3) is 0.841. The van der Waals surface area contributed by atoms with Crippen LogP contribution in [0.3, 0.4) is 0 Å². The van der Waals surface area contributed by atoms with E-state index in [0.29, 0.717) is 6.41 Å². The van der Waals surface area contributed by atoms with E-state index in [9.17, 15) is 4.79 Å². The van der Waals surface area contributed by atoms with Crippen LogP contribution in [0.2, 0.25) is 0 Å². The Morgan fingerprint density at radius 2 is 2.75 bits per heavy atom. The minimum Gasteiger partial charge on any atom is -0.432 e. The number of carbonyl (C=O) groups is 1. The van der Waals surface area contributed by atoms with Crippen molar-refractivity contribution in [3.05, 3.63) is 12.5 Å². The molecule has 0 atom stereocenters. The van der Waals surface area contributed by atoms with Crippen molar-refractivity contribution in [1.82, 2.24) is 4.98 Å². The van der Waals surface area contributed by atoms with E-state index in [4.69, 9.17) is 0 Å². The van der Waals surface area contributed by atoms with Gasteiger partial charge >= 0.3 is 6.01 Å². The highest BCUT2D eigenvalue weighted by Gasteiger charge is 1.88. The van der Waals surface area contributed by atoms with Gasteiger partial charge in [-0.1, -0.05) is 0 Å². The van der Waals surface area contributed by atoms with Crippen LogP contribution >= 0.6 is 0 Å². The molecular weight excluding hydrogens is 108 g/mol. The molecule has 0 unspecified atom stereocenters. The molecule has 0 saturated heterocycles. The lowest BCUT2D eigenvalue weighted by Gasteiger charge is -1.82. The fourth-order valence-corrected chi connectivity index (χ4v) is 0.345. The summed E-state index contributed by atoms with van der Waals surface area (Å²) in [5.74, 6) is 0. The first-order valence-corrected chi connectivity index (χ1v) is 2.03. The second-order valence-corrected chi connectivity index (χ2v) is 1.10. The zero-order valence-corrected chi connectivity index (χ0v) is 4.00. The van der Waals surface area contributed by atoms with E-state index in [1.54, 1.807) is 0 Å². The highest BCUT2D eigenvalue weighted by atomic mass is 16.4. The van der Waals surface area contributed by atoms with Crippen LogP contribution in [0.25, 0.3) is 0 Å². The Balaban J connectivity index is 2.62. The lowest BCUT2D eigenvalue weighted by atomic mass is 11.0. The third-order valence-corrected chi connectivity index (χ3v) is 0.615. The molecule has 0 aliphatic rings. The number of anilines is 1. The number of nitrogens with zero attached hydrogens (tertiary/aromatic N) is 1. The minimum atomic E-state index is 0.222. The normalized spacial score (nSPS) is 8.50. The first kappa shape index (κ1) is 4.83. The van der Waals surface area contributed by atoms with Crippen molar-refractivity contribution in [3.63, 3.8) is 0 Å². The number of nitrogens with one attached hydrogen (secondary N) is 1. The van der Waals surface area contributed by atoms with E-state index in [-0.39, 0.29) is 6.01 Å². The van der Waals surface area contributed by atoms with Crippen LogP contribution in [0.15, 0.2) is 16.9 Å². The molecule has 1 heterocycles. The Hall–Kier alpha value is -1.32. The van der Waals surface area contributed by atoms with Gasteiger partial charge in [-0.3, -0.25) is 10.1 Å². The van der Waals surface area contributed by atoms with Gasteiger partial charge < -0.3 is 4.42 Å². The monoisotopic (exact) mass is 112 g/mol. The van der Waals surface area contributed by atoms with Gasteiger partial charge in [0.25, 0.3) is 0 Å². The fourth-order valence-electron chi connectivity index (χ4n) is 0.345. The summed E-state index contributed by atoms with van der Waals surface area (Å²) < 4.78 is 4.62. The molecular formula is C4H4N2O2. The molecule has 0 fully saturated rings. The predicted octanol–water partition coefficient (Wildman–Crippen LogP) is 0.243. The molecule has 0 aromatic carbocycles. The number of oxazole rings is 1. The smallest absolute Gasteiger partial charge is 0.301 e. The summed E-state index contributed by atoms with van der Waals surface area (Å²) in [6, 6.07) is 0.222. The highest BCUT2D eigenvalue weighted by molar-refractivity contribution is 5.65. The molecule has 0 aliphatic carbocycles. The summed E-state index contributed by atoms with van der Waals surface area (Å²) in [4.78, 5) is 13.3. The van der Waals surface area contributed by atoms with Crippen molar-refractivity contribution in [2.75, 3.05) is 5.32 Å². The number of hydrogen-bond donors (Lipinski definition) is 1. The second-order valence-electron chi connectivity index (χ2n) is 1.10. The van der Waals surface area contributed by atoms with Crippen LogP contribution in [0.4, 0.5) is 6.01 Å². The van der Waals surface area contributed by atoms with Crippen LogP contribution in [0.1, 0.15) is 0 Å². The quantitative estimate of drug-likeness (QED) is 0.557. The van der Waals surface area contributed by atoms with Crippen LogP contribution in [-0.4, -0.2) is 11.4 Å². The van der Waals surface area contributed by atoms with Crippen molar-refractivity contribution in [3.8, 4) is 0 Å². The number of aromatic nitrogens is 1. The Labute approximate surface area is 45.5 Å². The average molecular weight is 112 g/mol. The Morgan fingerprint density at radius 1 is 1.88 bits per heavy atom. The number of rotatable bonds is 2. The fraction of sp³-hybridized carbons (Fsp3) is 0. The Bertz CT molecular complexity index is 159. The van der Waals surface area contributed by atoms with Gasteiger partial charge in [-0.15, -0.1) is 0 Å². The molecule has 8 heavy (non-hydrogen) atoms. The average Bonchev–Trinajstić information content (AvgIpc) is 2.19. The SMILES string of the molecule is O=CNc1ncco1. The van der Waals surface area contributed by atoms with Gasteiger partial charge in [0, 0.05) is 0 Å². The largest absolute Gasteiger partial charge is 0.432 e. The summed E-state index contributed by atoms with van der Waals surface area (Å²) in [6.07, 6.45) is 3.34. The lowest BCUT2D eigenvalue weighted by Crippen LogP contribution is -1.91. The van der Waals surface area contributed by atoms with E-state index >= 15 is 0 Å². The van der Waals surface area contributed by atoms with Gasteiger partial charge in [0.1, 0.15) is 6.26 Å². The molecule has 1 N–H and O–H groups in total. The molecule has 0 radical (unpaired) electrons. The first-order valence-electron chi connectivity index (χ1n) is 2.03. The minimum absolute atomic E-state index is 0.222. The Morgan fingerprint density at radius 3 is 3.25 bits per heavy atom. The molecule has 4 heteroatoms. The van der Waals surface area contributed by atoms with E-state index in [0.717, 1.165) is 0 Å². The molecule has 0 aliphatic heterocycles. The van der Waals surface area contributed by atoms with Crippen molar-refractivity contribution in [2.45, 2.75) is 0 Å². The zero-order chi connectivity index (χ0) is 5.82. The van der Waals surface area contributed by atoms with Crippen LogP contribution in [0.5, 0.6) is 0 Å². The third-order valence-electron chi connectivity index (χ3n) is 0.615. The highest BCUT2D eigenvalue weighted by Crippen LogP contribution is 1.97. The maximum Gasteiger partial charge on any atom is 0.301 e. The summed E-state index contributed by atoms with van der Waals surface area (Å²) in [6.45, 7) is 0. The lowest BCUT2D eigenvalue weighted by molar-refractivity contribution is -0.105. The van der Waals surface area contributed by atoms with E-state index in [2.05, 4.69) is 14.7 Å². The topological polar surface area (TPSA) is 55.1 Å². The summed E-state index contributed by atoms with van der Waals surface area (Å²) in [7, 11) is 0. The molecule has 0 saturated carbocycles. The maximum absolute atomic E-state index is 9.66. The molecule has 1 rings (SSSR count). The molecule has 1 aromatic heterocycles. The van der Waals surface area contributed by atoms with Gasteiger partial charge in [-0.2, -0.15) is 0 Å². The number of amides is 1. The number of carbonyl (C=O) groups excluding carboxylic acids is 1. The van der Waals surface area contributed by atoms with Crippen LogP contribution < -0.4 is 5.32 Å². The molecule has 4 nitrogen and oxygen atoms in total. The van der Waals surface area contributed by atoms with Gasteiger partial charge in [-0.25, -0.2) is 4.98 Å². The second kappa shape index (κ2) is 2.11. The van der Waals surface area contributed by atoms with Gasteiger partial charge in [0.05, 0.1) is 6.20 Å². The standard InChI is InChI=1S/C4H4N2O2/c7-3-6-4-5-1-2-8-4/h1-3H,(H,5,6,7).